The van der Waals surface area contributed by atoms with Gasteiger partial charge in [0.1, 0.15) is 0 Å². The summed E-state index contributed by atoms with van der Waals surface area (Å²) in [6, 6.07) is 9.01. The summed E-state index contributed by atoms with van der Waals surface area (Å²) in [5, 5.41) is 3.33. The second-order valence-corrected chi connectivity index (χ2v) is 5.95. The Kier molecular flexibility index (Phi) is 2.72. The smallest absolute Gasteiger partial charge is 0.205 e. The van der Waals surface area contributed by atoms with Crippen molar-refractivity contribution in [2.24, 2.45) is 0 Å². The van der Waals surface area contributed by atoms with E-state index >= 15 is 0 Å². The van der Waals surface area contributed by atoms with E-state index in [1.807, 2.05) is 6.07 Å². The molecule has 0 unspecified atom stereocenters. The summed E-state index contributed by atoms with van der Waals surface area (Å²) in [5.41, 5.74) is 0.742. The molecule has 0 spiro atoms. The number of hydrogen-bond acceptors (Lipinski definition) is 5. The van der Waals surface area contributed by atoms with Crippen molar-refractivity contribution < 1.29 is 8.42 Å². The van der Waals surface area contributed by atoms with Gasteiger partial charge in [-0.15, -0.1) is 5.10 Å². The molecule has 0 atom stereocenters. The Bertz CT molecular complexity index is 565. The average molecular weight is 261 g/mol. The van der Waals surface area contributed by atoms with Gasteiger partial charge in [-0.3, -0.25) is 0 Å². The molecule has 4 nitrogen and oxygen atoms in total. The molecule has 1 aromatic heterocycles. The molecule has 0 radical (unpaired) electrons. The van der Waals surface area contributed by atoms with Crippen molar-refractivity contribution in [2.45, 2.75) is 5.03 Å². The second kappa shape index (κ2) is 3.88. The van der Waals surface area contributed by atoms with Crippen LogP contribution in [-0.4, -0.2) is 18.0 Å². The third-order valence-corrected chi connectivity index (χ3v) is 3.82. The standard InChI is InChI=1S/C8H5ClN2O2S2/c9-15(12,13)8-7(14-11-10-8)6-4-2-1-3-5-6/h1-5H. The van der Waals surface area contributed by atoms with Crippen LogP contribution in [0.1, 0.15) is 0 Å². The zero-order chi connectivity index (χ0) is 10.9. The Morgan fingerprint density at radius 1 is 1.20 bits per heavy atom. The van der Waals surface area contributed by atoms with Crippen molar-refractivity contribution >= 4 is 31.3 Å². The number of aromatic nitrogens is 2. The Morgan fingerprint density at radius 3 is 2.47 bits per heavy atom. The van der Waals surface area contributed by atoms with Gasteiger partial charge in [0.15, 0.2) is 0 Å². The molecule has 1 aromatic carbocycles. The van der Waals surface area contributed by atoms with E-state index in [-0.39, 0.29) is 5.03 Å². The molecule has 0 aliphatic carbocycles. The molecule has 7 heteroatoms. The van der Waals surface area contributed by atoms with E-state index < -0.39 is 9.05 Å². The predicted octanol–water partition coefficient (Wildman–Crippen LogP) is 2.13. The molecule has 0 bridgehead atoms. The first-order valence-electron chi connectivity index (χ1n) is 3.91. The Morgan fingerprint density at radius 2 is 1.87 bits per heavy atom. The first kappa shape index (κ1) is 10.5. The van der Waals surface area contributed by atoms with Gasteiger partial charge in [-0.05, 0) is 17.1 Å². The minimum absolute atomic E-state index is 0.180. The Balaban J connectivity index is 2.61. The van der Waals surface area contributed by atoms with Crippen LogP contribution >= 0.6 is 22.2 Å². The molecule has 1 heterocycles. The fraction of sp³-hybridized carbons (Fsp3) is 0. The van der Waals surface area contributed by atoms with Crippen LogP contribution in [0, 0.1) is 0 Å². The van der Waals surface area contributed by atoms with E-state index in [4.69, 9.17) is 10.7 Å². The van der Waals surface area contributed by atoms with Gasteiger partial charge in [-0.1, -0.05) is 34.8 Å². The maximum Gasteiger partial charge on any atom is 0.282 e. The van der Waals surface area contributed by atoms with E-state index in [0.29, 0.717) is 4.88 Å². The second-order valence-electron chi connectivity index (χ2n) is 2.71. The van der Waals surface area contributed by atoms with Gasteiger partial charge in [-0.25, -0.2) is 8.42 Å². The summed E-state index contributed by atoms with van der Waals surface area (Å²) in [4.78, 5) is 0.464. The molecule has 0 fully saturated rings. The van der Waals surface area contributed by atoms with Crippen LogP contribution in [0.5, 0.6) is 0 Å². The Hall–Kier alpha value is -0.980. The lowest BCUT2D eigenvalue weighted by atomic mass is 10.2. The SMILES string of the molecule is O=S(=O)(Cl)c1nnsc1-c1ccccc1. The van der Waals surface area contributed by atoms with Crippen LogP contribution in [-0.2, 0) is 9.05 Å². The highest BCUT2D eigenvalue weighted by Crippen LogP contribution is 2.30. The van der Waals surface area contributed by atoms with E-state index in [9.17, 15) is 8.42 Å². The largest absolute Gasteiger partial charge is 0.282 e. The molecule has 2 aromatic rings. The minimum atomic E-state index is -3.83. The molecule has 0 amide bonds. The molecular weight excluding hydrogens is 256 g/mol. The van der Waals surface area contributed by atoms with E-state index in [1.54, 1.807) is 24.3 Å². The van der Waals surface area contributed by atoms with Gasteiger partial charge < -0.3 is 0 Å². The van der Waals surface area contributed by atoms with E-state index in [0.717, 1.165) is 17.1 Å². The van der Waals surface area contributed by atoms with Gasteiger partial charge in [0, 0.05) is 10.7 Å². The quantitative estimate of drug-likeness (QED) is 0.776. The van der Waals surface area contributed by atoms with Crippen molar-refractivity contribution in [1.82, 2.24) is 9.59 Å². The lowest BCUT2D eigenvalue weighted by molar-refractivity contribution is 0.606. The lowest BCUT2D eigenvalue weighted by Gasteiger charge is -1.96. The normalized spacial score (nSPS) is 11.5. The molecule has 78 valence electrons. The van der Waals surface area contributed by atoms with E-state index in [1.165, 1.54) is 0 Å². The molecule has 0 saturated carbocycles. The van der Waals surface area contributed by atoms with Crippen molar-refractivity contribution in [1.29, 1.82) is 0 Å². The highest BCUT2D eigenvalue weighted by Gasteiger charge is 2.21. The van der Waals surface area contributed by atoms with Crippen LogP contribution in [0.3, 0.4) is 0 Å². The molecule has 0 N–H and O–H groups in total. The van der Waals surface area contributed by atoms with E-state index in [2.05, 4.69) is 9.59 Å². The fourth-order valence-corrected chi connectivity index (χ4v) is 3.10. The zero-order valence-electron chi connectivity index (χ0n) is 7.29. The highest BCUT2D eigenvalue weighted by atomic mass is 35.7. The number of nitrogens with zero attached hydrogens (tertiary/aromatic N) is 2. The summed E-state index contributed by atoms with van der Waals surface area (Å²) in [6.45, 7) is 0. The van der Waals surface area contributed by atoms with Crippen LogP contribution in [0.25, 0.3) is 10.4 Å². The number of hydrogen-bond donors (Lipinski definition) is 0. The molecule has 0 aliphatic heterocycles. The maximum atomic E-state index is 11.2. The van der Waals surface area contributed by atoms with Crippen LogP contribution in [0.4, 0.5) is 0 Å². The number of benzene rings is 1. The van der Waals surface area contributed by atoms with Crippen LogP contribution in [0.15, 0.2) is 35.4 Å². The molecule has 2 rings (SSSR count). The predicted molar refractivity (Wildman–Crippen MR) is 58.4 cm³/mol. The van der Waals surface area contributed by atoms with Crippen LogP contribution in [0.2, 0.25) is 0 Å². The molecular formula is C8H5ClN2O2S2. The average Bonchev–Trinajstić information content (AvgIpc) is 2.67. The lowest BCUT2D eigenvalue weighted by Crippen LogP contribution is -1.93. The number of halogens is 1. The molecule has 0 saturated heterocycles. The third kappa shape index (κ3) is 2.17. The van der Waals surface area contributed by atoms with Gasteiger partial charge in [0.25, 0.3) is 9.05 Å². The Labute approximate surface area is 95.1 Å². The number of rotatable bonds is 2. The minimum Gasteiger partial charge on any atom is -0.205 e. The molecule has 15 heavy (non-hydrogen) atoms. The van der Waals surface area contributed by atoms with Gasteiger partial charge in [-0.2, -0.15) is 0 Å². The summed E-state index contributed by atoms with van der Waals surface area (Å²) in [6.07, 6.45) is 0. The van der Waals surface area contributed by atoms with Crippen molar-refractivity contribution in [2.75, 3.05) is 0 Å². The van der Waals surface area contributed by atoms with Gasteiger partial charge in [0.05, 0.1) is 4.88 Å². The van der Waals surface area contributed by atoms with Crippen molar-refractivity contribution in [3.8, 4) is 10.4 Å². The van der Waals surface area contributed by atoms with Gasteiger partial charge in [0.2, 0.25) is 5.03 Å². The molecule has 0 aliphatic rings. The van der Waals surface area contributed by atoms with Crippen molar-refractivity contribution in [3.63, 3.8) is 0 Å². The summed E-state index contributed by atoms with van der Waals surface area (Å²) >= 11 is 1.00. The zero-order valence-corrected chi connectivity index (χ0v) is 9.68. The monoisotopic (exact) mass is 260 g/mol. The van der Waals surface area contributed by atoms with Crippen molar-refractivity contribution in [3.05, 3.63) is 30.3 Å². The maximum absolute atomic E-state index is 11.2. The summed E-state index contributed by atoms with van der Waals surface area (Å²) in [5.74, 6) is 0. The first-order valence-corrected chi connectivity index (χ1v) is 7.00. The summed E-state index contributed by atoms with van der Waals surface area (Å²) in [7, 11) is 1.40. The third-order valence-electron chi connectivity index (χ3n) is 1.72. The van der Waals surface area contributed by atoms with Crippen LogP contribution < -0.4 is 0 Å². The highest BCUT2D eigenvalue weighted by molar-refractivity contribution is 8.13. The van der Waals surface area contributed by atoms with Gasteiger partial charge >= 0.3 is 0 Å². The fourth-order valence-electron chi connectivity index (χ4n) is 1.11. The summed E-state index contributed by atoms with van der Waals surface area (Å²) < 4.78 is 25.9. The first-order chi connectivity index (χ1) is 7.09. The topological polar surface area (TPSA) is 59.9 Å².